The lowest BCUT2D eigenvalue weighted by atomic mass is 10.2. The topological polar surface area (TPSA) is 29.3 Å². The van der Waals surface area contributed by atoms with Gasteiger partial charge in [-0.2, -0.15) is 0 Å². The van der Waals surface area contributed by atoms with Crippen molar-refractivity contribution in [1.82, 2.24) is 5.16 Å². The van der Waals surface area contributed by atoms with Crippen molar-refractivity contribution in [1.29, 1.82) is 0 Å². The van der Waals surface area contributed by atoms with Crippen molar-refractivity contribution in [3.63, 3.8) is 0 Å². The summed E-state index contributed by atoms with van der Waals surface area (Å²) in [6.45, 7) is 9.99. The molecule has 1 aromatic carbocycles. The summed E-state index contributed by atoms with van der Waals surface area (Å²) in [6, 6.07) is 5.86. The number of rotatable bonds is 3. The van der Waals surface area contributed by atoms with E-state index in [4.69, 9.17) is 4.52 Å². The second-order valence-corrected chi connectivity index (χ2v) is 3.51. The molecule has 0 aliphatic rings. The van der Waals surface area contributed by atoms with Gasteiger partial charge in [0.1, 0.15) is 0 Å². The van der Waals surface area contributed by atoms with E-state index in [1.54, 1.807) is 0 Å². The first kappa shape index (κ1) is 10.0. The van der Waals surface area contributed by atoms with Crippen molar-refractivity contribution in [3.8, 4) is 0 Å². The van der Waals surface area contributed by atoms with Gasteiger partial charge in [-0.05, 0) is 38.5 Å². The predicted molar refractivity (Wildman–Crippen MR) is 62.0 cm³/mol. The molecule has 0 saturated carbocycles. The molecule has 0 atom stereocenters. The largest absolute Gasteiger partial charge is 0.354 e. The van der Waals surface area contributed by atoms with Gasteiger partial charge >= 0.3 is 0 Å². The Bertz CT molecular complexity index is 458. The fourth-order valence-electron chi connectivity index (χ4n) is 1.72. The minimum Gasteiger partial charge on any atom is -0.354 e. The molecule has 0 unspecified atom stereocenters. The molecule has 0 aliphatic heterocycles. The fourth-order valence-corrected chi connectivity index (χ4v) is 1.72. The quantitative estimate of drug-likeness (QED) is 0.768. The molecular formula is C12H15N2O. The maximum absolute atomic E-state index is 5.27. The molecule has 2 rings (SSSR count). The predicted octanol–water partition coefficient (Wildman–Crippen LogP) is 2.86. The minimum atomic E-state index is 0.823. The van der Waals surface area contributed by atoms with Gasteiger partial charge < -0.3 is 9.42 Å². The zero-order valence-electron chi connectivity index (χ0n) is 9.16. The van der Waals surface area contributed by atoms with Gasteiger partial charge in [0.25, 0.3) is 0 Å². The van der Waals surface area contributed by atoms with Crippen LogP contribution in [0.4, 0.5) is 5.82 Å². The third-order valence-corrected chi connectivity index (χ3v) is 2.58. The second-order valence-electron chi connectivity index (χ2n) is 3.51. The molecule has 1 radical (unpaired) electrons. The van der Waals surface area contributed by atoms with E-state index in [1.807, 2.05) is 18.2 Å². The maximum atomic E-state index is 5.27. The van der Waals surface area contributed by atoms with Crippen LogP contribution in [0, 0.1) is 6.92 Å². The Kier molecular flexibility index (Phi) is 2.62. The highest BCUT2D eigenvalue weighted by atomic mass is 16.5. The summed E-state index contributed by atoms with van der Waals surface area (Å²) in [5, 5.41) is 5.15. The van der Waals surface area contributed by atoms with Gasteiger partial charge in [0.2, 0.25) is 0 Å². The molecule has 2 aromatic rings. The van der Waals surface area contributed by atoms with Gasteiger partial charge in [-0.25, -0.2) is 0 Å². The number of fused-ring (bicyclic) bond motifs is 1. The summed E-state index contributed by atoms with van der Waals surface area (Å²) in [7, 11) is 0. The van der Waals surface area contributed by atoms with E-state index in [9.17, 15) is 0 Å². The van der Waals surface area contributed by atoms with Gasteiger partial charge in [-0.15, -0.1) is 0 Å². The van der Waals surface area contributed by atoms with Gasteiger partial charge in [0.15, 0.2) is 11.4 Å². The van der Waals surface area contributed by atoms with Gasteiger partial charge in [-0.1, -0.05) is 11.2 Å². The zero-order chi connectivity index (χ0) is 10.8. The third-order valence-electron chi connectivity index (χ3n) is 2.58. The van der Waals surface area contributed by atoms with Gasteiger partial charge in [0.05, 0.1) is 5.39 Å². The zero-order valence-corrected chi connectivity index (χ0v) is 9.16. The van der Waals surface area contributed by atoms with Crippen LogP contribution in [0.2, 0.25) is 0 Å². The van der Waals surface area contributed by atoms with Gasteiger partial charge in [-0.3, -0.25) is 0 Å². The van der Waals surface area contributed by atoms with Crippen molar-refractivity contribution in [2.24, 2.45) is 0 Å². The number of nitrogens with zero attached hydrogens (tertiary/aromatic N) is 2. The standard InChI is InChI=1S/C12H15N2O/c1-4-14(5-2)12-10-8-9(3)6-7-11(10)15-13-12/h6-8H,3-5H2,1-2H3. The number of anilines is 1. The van der Waals surface area contributed by atoms with Crippen LogP contribution in [0.15, 0.2) is 22.7 Å². The molecule has 0 spiro atoms. The lowest BCUT2D eigenvalue weighted by Crippen LogP contribution is -2.22. The molecular weight excluding hydrogens is 188 g/mol. The van der Waals surface area contributed by atoms with Crippen LogP contribution in [0.5, 0.6) is 0 Å². The Morgan fingerprint density at radius 1 is 1.33 bits per heavy atom. The van der Waals surface area contributed by atoms with Crippen molar-refractivity contribution in [2.45, 2.75) is 13.8 Å². The minimum absolute atomic E-state index is 0.823. The first-order valence-electron chi connectivity index (χ1n) is 5.22. The van der Waals surface area contributed by atoms with Crippen LogP contribution in [0.1, 0.15) is 19.4 Å². The summed E-state index contributed by atoms with van der Waals surface area (Å²) in [4.78, 5) is 2.17. The SMILES string of the molecule is [CH2]c1ccc2onc(N(CC)CC)c2c1. The van der Waals surface area contributed by atoms with Crippen LogP contribution >= 0.6 is 0 Å². The van der Waals surface area contributed by atoms with Gasteiger partial charge in [0, 0.05) is 13.1 Å². The maximum Gasteiger partial charge on any atom is 0.179 e. The molecule has 0 fully saturated rings. The Morgan fingerprint density at radius 3 is 2.73 bits per heavy atom. The Morgan fingerprint density at radius 2 is 2.07 bits per heavy atom. The lowest BCUT2D eigenvalue weighted by Gasteiger charge is -2.17. The summed E-state index contributed by atoms with van der Waals surface area (Å²) in [6.07, 6.45) is 0. The second kappa shape index (κ2) is 3.93. The third kappa shape index (κ3) is 1.69. The molecule has 3 nitrogen and oxygen atoms in total. The first-order chi connectivity index (χ1) is 7.26. The Labute approximate surface area is 89.7 Å². The molecule has 0 bridgehead atoms. The van der Waals surface area contributed by atoms with Crippen LogP contribution in [0.25, 0.3) is 11.0 Å². The van der Waals surface area contributed by atoms with E-state index in [2.05, 4.69) is 30.8 Å². The Hall–Kier alpha value is -1.51. The summed E-state index contributed by atoms with van der Waals surface area (Å²) >= 11 is 0. The summed E-state index contributed by atoms with van der Waals surface area (Å²) in [5.74, 6) is 0.917. The van der Waals surface area contributed by atoms with Crippen molar-refractivity contribution >= 4 is 16.8 Å². The molecule has 0 amide bonds. The molecule has 1 heterocycles. The highest BCUT2D eigenvalue weighted by molar-refractivity contribution is 5.89. The lowest BCUT2D eigenvalue weighted by molar-refractivity contribution is 0.455. The van der Waals surface area contributed by atoms with E-state index in [0.29, 0.717) is 0 Å². The molecule has 3 heteroatoms. The molecule has 79 valence electrons. The molecule has 1 aromatic heterocycles. The summed E-state index contributed by atoms with van der Waals surface area (Å²) in [5.41, 5.74) is 1.81. The fraction of sp³-hybridized carbons (Fsp3) is 0.333. The highest BCUT2D eigenvalue weighted by Crippen LogP contribution is 2.26. The normalized spacial score (nSPS) is 10.9. The smallest absolute Gasteiger partial charge is 0.179 e. The molecule has 0 aliphatic carbocycles. The monoisotopic (exact) mass is 203 g/mol. The van der Waals surface area contributed by atoms with E-state index >= 15 is 0 Å². The van der Waals surface area contributed by atoms with Crippen LogP contribution in [-0.4, -0.2) is 18.2 Å². The van der Waals surface area contributed by atoms with Crippen molar-refractivity contribution in [2.75, 3.05) is 18.0 Å². The average molecular weight is 203 g/mol. The van der Waals surface area contributed by atoms with E-state index in [1.165, 1.54) is 0 Å². The van der Waals surface area contributed by atoms with E-state index in [-0.39, 0.29) is 0 Å². The van der Waals surface area contributed by atoms with E-state index in [0.717, 1.165) is 35.4 Å². The van der Waals surface area contributed by atoms with Crippen molar-refractivity contribution in [3.05, 3.63) is 30.7 Å². The number of benzene rings is 1. The molecule has 0 N–H and O–H groups in total. The average Bonchev–Trinajstić information content (AvgIpc) is 2.64. The highest BCUT2D eigenvalue weighted by Gasteiger charge is 2.12. The molecule has 0 saturated heterocycles. The van der Waals surface area contributed by atoms with Crippen molar-refractivity contribution < 1.29 is 4.52 Å². The first-order valence-corrected chi connectivity index (χ1v) is 5.22. The number of aromatic nitrogens is 1. The number of hydrogen-bond acceptors (Lipinski definition) is 3. The van der Waals surface area contributed by atoms with Crippen LogP contribution < -0.4 is 4.90 Å². The van der Waals surface area contributed by atoms with E-state index < -0.39 is 0 Å². The Balaban J connectivity index is 2.55. The van der Waals surface area contributed by atoms with Crippen LogP contribution in [0.3, 0.4) is 0 Å². The van der Waals surface area contributed by atoms with Crippen LogP contribution in [-0.2, 0) is 0 Å². The number of hydrogen-bond donors (Lipinski definition) is 0. The molecule has 15 heavy (non-hydrogen) atoms. The summed E-state index contributed by atoms with van der Waals surface area (Å²) < 4.78 is 5.27.